The Morgan fingerprint density at radius 3 is 2.48 bits per heavy atom. The third-order valence-corrected chi connectivity index (χ3v) is 5.68. The van der Waals surface area contributed by atoms with Crippen molar-refractivity contribution in [1.82, 2.24) is 9.80 Å². The van der Waals surface area contributed by atoms with E-state index < -0.39 is 0 Å². The van der Waals surface area contributed by atoms with Gasteiger partial charge in [0.25, 0.3) is 0 Å². The monoisotopic (exact) mass is 428 g/mol. The number of rotatable bonds is 3. The molecular weight excluding hydrogens is 408 g/mol. The predicted molar refractivity (Wildman–Crippen MR) is 110 cm³/mol. The van der Waals surface area contributed by atoms with Crippen LogP contribution in [0.3, 0.4) is 0 Å². The number of fused-ring (bicyclic) bond motifs is 1. The summed E-state index contributed by atoms with van der Waals surface area (Å²) in [5.74, 6) is 0.168. The third-order valence-electron chi connectivity index (χ3n) is 5.15. The van der Waals surface area contributed by atoms with Crippen LogP contribution in [0.1, 0.15) is 5.56 Å². The molecule has 1 saturated heterocycles. The van der Waals surface area contributed by atoms with E-state index in [0.29, 0.717) is 28.6 Å². The Morgan fingerprint density at radius 2 is 1.78 bits per heavy atom. The van der Waals surface area contributed by atoms with Crippen molar-refractivity contribution >= 4 is 26.9 Å². The molecule has 0 spiro atoms. The van der Waals surface area contributed by atoms with Crippen molar-refractivity contribution in [2.45, 2.75) is 6.54 Å². The number of aromatic hydroxyl groups is 1. The molecule has 0 atom stereocenters. The van der Waals surface area contributed by atoms with Gasteiger partial charge in [-0.1, -0.05) is 28.1 Å². The van der Waals surface area contributed by atoms with E-state index in [1.54, 1.807) is 12.1 Å². The van der Waals surface area contributed by atoms with Crippen LogP contribution in [-0.4, -0.2) is 48.1 Å². The zero-order valence-corrected chi connectivity index (χ0v) is 16.7. The molecule has 0 bridgehead atoms. The van der Waals surface area contributed by atoms with Gasteiger partial charge in [-0.15, -0.1) is 0 Å². The molecule has 0 amide bonds. The highest BCUT2D eigenvalue weighted by atomic mass is 79.9. The van der Waals surface area contributed by atoms with E-state index in [9.17, 15) is 9.90 Å². The van der Waals surface area contributed by atoms with Gasteiger partial charge in [0.1, 0.15) is 17.6 Å². The van der Waals surface area contributed by atoms with E-state index >= 15 is 0 Å². The van der Waals surface area contributed by atoms with Crippen molar-refractivity contribution in [3.63, 3.8) is 0 Å². The van der Waals surface area contributed by atoms with E-state index in [1.807, 2.05) is 24.3 Å². The van der Waals surface area contributed by atoms with Gasteiger partial charge in [0, 0.05) is 37.2 Å². The quantitative estimate of drug-likeness (QED) is 0.689. The molecule has 1 fully saturated rings. The first-order chi connectivity index (χ1) is 13.0. The Kier molecular flexibility index (Phi) is 5.04. The lowest BCUT2D eigenvalue weighted by Gasteiger charge is -2.32. The van der Waals surface area contributed by atoms with E-state index in [1.165, 1.54) is 6.26 Å². The van der Waals surface area contributed by atoms with Crippen LogP contribution >= 0.6 is 15.9 Å². The molecule has 2 aromatic carbocycles. The molecule has 1 N–H and O–H groups in total. The number of benzene rings is 2. The van der Waals surface area contributed by atoms with Crippen molar-refractivity contribution in [1.29, 1.82) is 0 Å². The summed E-state index contributed by atoms with van der Waals surface area (Å²) in [7, 11) is 2.11. The second-order valence-electron chi connectivity index (χ2n) is 7.00. The van der Waals surface area contributed by atoms with Crippen LogP contribution in [0, 0.1) is 0 Å². The van der Waals surface area contributed by atoms with Gasteiger partial charge in [0.05, 0.1) is 16.5 Å². The predicted octanol–water partition coefficient (Wildman–Crippen LogP) is 3.68. The Labute approximate surface area is 166 Å². The number of hydrogen-bond donors (Lipinski definition) is 1. The summed E-state index contributed by atoms with van der Waals surface area (Å²) in [5.41, 5.74) is 2.39. The summed E-state index contributed by atoms with van der Waals surface area (Å²) >= 11 is 3.41. The molecule has 0 saturated carbocycles. The van der Waals surface area contributed by atoms with Crippen molar-refractivity contribution in [2.24, 2.45) is 0 Å². The molecule has 2 heterocycles. The minimum Gasteiger partial charge on any atom is -0.507 e. The van der Waals surface area contributed by atoms with Gasteiger partial charge in [-0.2, -0.15) is 0 Å². The molecule has 0 aliphatic carbocycles. The first-order valence-corrected chi connectivity index (χ1v) is 9.75. The Bertz CT molecular complexity index is 1020. The molecule has 140 valence electrons. The first kappa shape index (κ1) is 18.2. The van der Waals surface area contributed by atoms with Crippen molar-refractivity contribution in [3.8, 4) is 16.9 Å². The van der Waals surface area contributed by atoms with Crippen LogP contribution in [0.5, 0.6) is 5.75 Å². The maximum atomic E-state index is 13.0. The van der Waals surface area contributed by atoms with Gasteiger partial charge >= 0.3 is 0 Å². The van der Waals surface area contributed by atoms with Gasteiger partial charge in [-0.05, 0) is 36.9 Å². The maximum Gasteiger partial charge on any atom is 0.200 e. The van der Waals surface area contributed by atoms with Gasteiger partial charge in [-0.3, -0.25) is 9.69 Å². The van der Waals surface area contributed by atoms with Gasteiger partial charge in [0.2, 0.25) is 5.43 Å². The maximum absolute atomic E-state index is 13.0. The molecule has 4 rings (SSSR count). The van der Waals surface area contributed by atoms with Crippen LogP contribution in [0.2, 0.25) is 0 Å². The van der Waals surface area contributed by atoms with Crippen LogP contribution < -0.4 is 5.43 Å². The fourth-order valence-corrected chi connectivity index (χ4v) is 3.72. The summed E-state index contributed by atoms with van der Waals surface area (Å²) in [6.45, 7) is 4.39. The molecule has 6 heteroatoms. The second-order valence-corrected chi connectivity index (χ2v) is 7.92. The number of phenols is 1. The smallest absolute Gasteiger partial charge is 0.200 e. The standard InChI is InChI=1S/C21H21BrN2O3/c1-23-8-10-24(11-9-23)12-17-19(25)7-6-16-20(26)18(13-27-21(16)17)14-2-4-15(22)5-3-14/h2-7,13,25H,8-12H2,1H3. The highest BCUT2D eigenvalue weighted by molar-refractivity contribution is 9.10. The first-order valence-electron chi connectivity index (χ1n) is 8.96. The largest absolute Gasteiger partial charge is 0.507 e. The molecule has 3 aromatic rings. The number of piperazine rings is 1. The Hall–Kier alpha value is -2.15. The number of hydrogen-bond acceptors (Lipinski definition) is 5. The Morgan fingerprint density at radius 1 is 1.07 bits per heavy atom. The van der Waals surface area contributed by atoms with Crippen molar-refractivity contribution in [2.75, 3.05) is 33.2 Å². The van der Waals surface area contributed by atoms with Gasteiger partial charge in [0.15, 0.2) is 0 Å². The number of halogens is 1. The van der Waals surface area contributed by atoms with Crippen LogP contribution in [0.4, 0.5) is 0 Å². The molecule has 27 heavy (non-hydrogen) atoms. The summed E-state index contributed by atoms with van der Waals surface area (Å²) in [5, 5.41) is 10.9. The number of nitrogens with zero attached hydrogens (tertiary/aromatic N) is 2. The van der Waals surface area contributed by atoms with E-state index in [4.69, 9.17) is 4.42 Å². The van der Waals surface area contributed by atoms with Crippen LogP contribution in [0.15, 0.2) is 56.3 Å². The minimum absolute atomic E-state index is 0.0850. The number of likely N-dealkylation sites (N-methyl/N-ethyl adjacent to an activating group) is 1. The molecule has 5 nitrogen and oxygen atoms in total. The molecule has 0 radical (unpaired) electrons. The zero-order chi connectivity index (χ0) is 19.0. The highest BCUT2D eigenvalue weighted by Crippen LogP contribution is 2.29. The third kappa shape index (κ3) is 3.65. The average molecular weight is 429 g/mol. The SMILES string of the molecule is CN1CCN(Cc2c(O)ccc3c(=O)c(-c4ccc(Br)cc4)coc23)CC1. The van der Waals surface area contributed by atoms with E-state index in [2.05, 4.69) is 32.8 Å². The normalized spacial score (nSPS) is 16.1. The van der Waals surface area contributed by atoms with E-state index in [-0.39, 0.29) is 11.2 Å². The van der Waals surface area contributed by atoms with E-state index in [0.717, 1.165) is 36.2 Å². The number of phenolic OH excluding ortho intramolecular Hbond substituents is 1. The van der Waals surface area contributed by atoms with Gasteiger partial charge < -0.3 is 14.4 Å². The summed E-state index contributed by atoms with van der Waals surface area (Å²) in [6, 6.07) is 10.8. The summed E-state index contributed by atoms with van der Waals surface area (Å²) < 4.78 is 6.83. The zero-order valence-electron chi connectivity index (χ0n) is 15.1. The second kappa shape index (κ2) is 7.46. The van der Waals surface area contributed by atoms with Crippen molar-refractivity contribution in [3.05, 3.63) is 62.9 Å². The minimum atomic E-state index is -0.0850. The lowest BCUT2D eigenvalue weighted by molar-refractivity contribution is 0.147. The van der Waals surface area contributed by atoms with Crippen LogP contribution in [-0.2, 0) is 6.54 Å². The Balaban J connectivity index is 1.75. The average Bonchev–Trinajstić information content (AvgIpc) is 2.67. The highest BCUT2D eigenvalue weighted by Gasteiger charge is 2.20. The fourth-order valence-electron chi connectivity index (χ4n) is 3.46. The molecule has 0 unspecified atom stereocenters. The fraction of sp³-hybridized carbons (Fsp3) is 0.286. The summed E-state index contributed by atoms with van der Waals surface area (Å²) in [4.78, 5) is 17.6. The van der Waals surface area contributed by atoms with Crippen molar-refractivity contribution < 1.29 is 9.52 Å². The topological polar surface area (TPSA) is 56.9 Å². The van der Waals surface area contributed by atoms with Crippen LogP contribution in [0.25, 0.3) is 22.1 Å². The molecule has 1 aliphatic rings. The summed E-state index contributed by atoms with van der Waals surface area (Å²) in [6.07, 6.45) is 1.50. The molecule has 1 aromatic heterocycles. The lowest BCUT2D eigenvalue weighted by atomic mass is 10.0. The molecule has 1 aliphatic heterocycles. The van der Waals surface area contributed by atoms with Gasteiger partial charge in [-0.25, -0.2) is 0 Å². The molecular formula is C21H21BrN2O3. The lowest BCUT2D eigenvalue weighted by Crippen LogP contribution is -2.43.